The van der Waals surface area contributed by atoms with Crippen LogP contribution in [-0.4, -0.2) is 42.2 Å². The van der Waals surface area contributed by atoms with Gasteiger partial charge in [-0.2, -0.15) is 0 Å². The molecule has 25 heavy (non-hydrogen) atoms. The largest absolute Gasteiger partial charge is 0.396 e. The van der Waals surface area contributed by atoms with Gasteiger partial charge in [0, 0.05) is 31.4 Å². The molecule has 2 aromatic heterocycles. The van der Waals surface area contributed by atoms with Crippen LogP contribution in [0.2, 0.25) is 0 Å². The minimum Gasteiger partial charge on any atom is -0.396 e. The summed E-state index contributed by atoms with van der Waals surface area (Å²) in [6, 6.07) is -0.453. The number of aromatic nitrogens is 5. The average Bonchev–Trinajstić information content (AvgIpc) is 3.19. The van der Waals surface area contributed by atoms with Gasteiger partial charge in [-0.3, -0.25) is 9.48 Å². The summed E-state index contributed by atoms with van der Waals surface area (Å²) in [5.41, 5.74) is -0.320. The van der Waals surface area contributed by atoms with E-state index in [-0.39, 0.29) is 18.2 Å². The number of amides is 1. The third-order valence-electron chi connectivity index (χ3n) is 4.29. The highest BCUT2D eigenvalue weighted by atomic mass is 16.3. The van der Waals surface area contributed by atoms with E-state index in [1.165, 1.54) is 0 Å². The fourth-order valence-corrected chi connectivity index (χ4v) is 2.46. The minimum atomic E-state index is -0.581. The van der Waals surface area contributed by atoms with Crippen molar-refractivity contribution in [2.24, 2.45) is 18.4 Å². The molecule has 0 saturated heterocycles. The van der Waals surface area contributed by atoms with Gasteiger partial charge >= 0.3 is 0 Å². The Labute approximate surface area is 148 Å². The maximum atomic E-state index is 12.6. The van der Waals surface area contributed by atoms with Crippen molar-refractivity contribution in [1.82, 2.24) is 29.9 Å². The molecule has 0 spiro atoms. The van der Waals surface area contributed by atoms with Crippen LogP contribution in [0.1, 0.15) is 56.5 Å². The van der Waals surface area contributed by atoms with Gasteiger partial charge in [-0.1, -0.05) is 32.9 Å². The van der Waals surface area contributed by atoms with Crippen LogP contribution in [0.3, 0.4) is 0 Å². The lowest BCUT2D eigenvalue weighted by atomic mass is 9.84. The van der Waals surface area contributed by atoms with Gasteiger partial charge in [0.05, 0.1) is 18.8 Å². The van der Waals surface area contributed by atoms with Crippen molar-refractivity contribution in [3.05, 3.63) is 30.1 Å². The number of hydrogen-bond acceptors (Lipinski definition) is 5. The molecule has 0 bridgehead atoms. The zero-order valence-electron chi connectivity index (χ0n) is 15.6. The number of aryl methyl sites for hydroxylation is 2. The van der Waals surface area contributed by atoms with Crippen LogP contribution in [0.5, 0.6) is 0 Å². The molecule has 0 aliphatic rings. The molecule has 0 aliphatic heterocycles. The van der Waals surface area contributed by atoms with Crippen molar-refractivity contribution in [2.45, 2.75) is 46.7 Å². The zero-order chi connectivity index (χ0) is 18.6. The van der Waals surface area contributed by atoms with E-state index in [1.54, 1.807) is 17.1 Å². The van der Waals surface area contributed by atoms with E-state index >= 15 is 0 Å². The molecular formula is C17H28N6O2. The number of carbonyl (C=O) groups excluding carboxylic acids is 1. The average molecular weight is 348 g/mol. The standard InChI is InChI=1S/C17H28N6O2/c1-12(2)6-8-23-10-13(20-21-23)16(25)19-14(17(3,4)11-24)15-18-7-9-22(15)5/h7,9-10,12,14,24H,6,8,11H2,1-5H3,(H,19,25). The van der Waals surface area contributed by atoms with Gasteiger partial charge in [-0.25, -0.2) is 4.98 Å². The van der Waals surface area contributed by atoms with E-state index in [2.05, 4.69) is 34.5 Å². The van der Waals surface area contributed by atoms with Crippen molar-refractivity contribution in [3.63, 3.8) is 0 Å². The smallest absolute Gasteiger partial charge is 0.274 e. The highest BCUT2D eigenvalue weighted by molar-refractivity contribution is 5.92. The molecule has 2 rings (SSSR count). The summed E-state index contributed by atoms with van der Waals surface area (Å²) in [5.74, 6) is 0.907. The monoisotopic (exact) mass is 348 g/mol. The van der Waals surface area contributed by atoms with Crippen LogP contribution in [-0.2, 0) is 13.6 Å². The van der Waals surface area contributed by atoms with Crippen LogP contribution in [0, 0.1) is 11.3 Å². The maximum absolute atomic E-state index is 12.6. The van der Waals surface area contributed by atoms with Crippen molar-refractivity contribution >= 4 is 5.91 Å². The summed E-state index contributed by atoms with van der Waals surface area (Å²) in [5, 5.41) is 20.7. The van der Waals surface area contributed by atoms with E-state index < -0.39 is 11.5 Å². The van der Waals surface area contributed by atoms with Gasteiger partial charge in [-0.05, 0) is 12.3 Å². The van der Waals surface area contributed by atoms with Crippen molar-refractivity contribution in [3.8, 4) is 0 Å². The molecule has 8 heteroatoms. The van der Waals surface area contributed by atoms with Gasteiger partial charge < -0.3 is 15.0 Å². The molecule has 1 atom stereocenters. The molecule has 0 aromatic carbocycles. The Morgan fingerprint density at radius 3 is 2.68 bits per heavy atom. The number of imidazole rings is 1. The van der Waals surface area contributed by atoms with E-state index in [0.717, 1.165) is 13.0 Å². The summed E-state index contributed by atoms with van der Waals surface area (Å²) >= 11 is 0. The molecule has 0 fully saturated rings. The summed E-state index contributed by atoms with van der Waals surface area (Å²) in [7, 11) is 1.86. The fourth-order valence-electron chi connectivity index (χ4n) is 2.46. The zero-order valence-corrected chi connectivity index (χ0v) is 15.6. The first-order valence-corrected chi connectivity index (χ1v) is 8.53. The highest BCUT2D eigenvalue weighted by Gasteiger charge is 2.35. The molecule has 2 aromatic rings. The van der Waals surface area contributed by atoms with Crippen molar-refractivity contribution in [2.75, 3.05) is 6.61 Å². The Hall–Kier alpha value is -2.22. The first-order valence-electron chi connectivity index (χ1n) is 8.53. The summed E-state index contributed by atoms with van der Waals surface area (Å²) < 4.78 is 3.52. The number of rotatable bonds is 8. The van der Waals surface area contributed by atoms with Crippen LogP contribution in [0.15, 0.2) is 18.6 Å². The summed E-state index contributed by atoms with van der Waals surface area (Å²) in [6.07, 6.45) is 6.10. The predicted molar refractivity (Wildman–Crippen MR) is 93.8 cm³/mol. The molecule has 138 valence electrons. The van der Waals surface area contributed by atoms with Crippen LogP contribution < -0.4 is 5.32 Å². The molecule has 0 aliphatic carbocycles. The quantitative estimate of drug-likeness (QED) is 0.754. The number of hydrogen-bond donors (Lipinski definition) is 2. The topological polar surface area (TPSA) is 97.9 Å². The molecule has 2 N–H and O–H groups in total. The predicted octanol–water partition coefficient (Wildman–Crippen LogP) is 1.55. The Morgan fingerprint density at radius 2 is 2.12 bits per heavy atom. The SMILES string of the molecule is CC(C)CCn1cc(C(=O)NC(c2nccn2C)C(C)(C)CO)nn1. The molecule has 8 nitrogen and oxygen atoms in total. The second-order valence-electron chi connectivity index (χ2n) is 7.50. The van der Waals surface area contributed by atoms with Crippen LogP contribution >= 0.6 is 0 Å². The Balaban J connectivity index is 2.16. The van der Waals surface area contributed by atoms with E-state index in [0.29, 0.717) is 11.7 Å². The molecule has 0 radical (unpaired) electrons. The van der Waals surface area contributed by atoms with Gasteiger partial charge in [0.25, 0.3) is 5.91 Å². The first-order chi connectivity index (χ1) is 11.7. The lowest BCUT2D eigenvalue weighted by molar-refractivity contribution is 0.0786. The highest BCUT2D eigenvalue weighted by Crippen LogP contribution is 2.32. The third-order valence-corrected chi connectivity index (χ3v) is 4.29. The number of aliphatic hydroxyl groups excluding tert-OH is 1. The van der Waals surface area contributed by atoms with E-state index in [1.807, 2.05) is 31.7 Å². The van der Waals surface area contributed by atoms with Crippen molar-refractivity contribution < 1.29 is 9.90 Å². The Kier molecular flexibility index (Phi) is 5.94. The summed E-state index contributed by atoms with van der Waals surface area (Å²) in [6.45, 7) is 8.67. The molecule has 1 unspecified atom stereocenters. The maximum Gasteiger partial charge on any atom is 0.274 e. The molecule has 1 amide bonds. The minimum absolute atomic E-state index is 0.0914. The van der Waals surface area contributed by atoms with E-state index in [9.17, 15) is 9.90 Å². The normalized spacial score (nSPS) is 13.2. The second kappa shape index (κ2) is 7.77. The van der Waals surface area contributed by atoms with Crippen molar-refractivity contribution in [1.29, 1.82) is 0 Å². The van der Waals surface area contributed by atoms with Gasteiger partial charge in [0.1, 0.15) is 5.82 Å². The number of nitrogens with zero attached hydrogens (tertiary/aromatic N) is 5. The van der Waals surface area contributed by atoms with Gasteiger partial charge in [-0.15, -0.1) is 5.10 Å². The second-order valence-corrected chi connectivity index (χ2v) is 7.50. The van der Waals surface area contributed by atoms with Crippen LogP contribution in [0.25, 0.3) is 0 Å². The lowest BCUT2D eigenvalue weighted by Gasteiger charge is -2.32. The molecule has 0 saturated carbocycles. The Bertz CT molecular complexity index is 704. The fraction of sp³-hybridized carbons (Fsp3) is 0.647. The number of nitrogens with one attached hydrogen (secondary N) is 1. The molecular weight excluding hydrogens is 320 g/mol. The Morgan fingerprint density at radius 1 is 1.40 bits per heavy atom. The first kappa shape index (κ1) is 19.1. The van der Waals surface area contributed by atoms with Gasteiger partial charge in [0.2, 0.25) is 0 Å². The number of aliphatic hydroxyl groups is 1. The van der Waals surface area contributed by atoms with E-state index in [4.69, 9.17) is 0 Å². The number of carbonyl (C=O) groups is 1. The summed E-state index contributed by atoms with van der Waals surface area (Å²) in [4.78, 5) is 17.0. The van der Waals surface area contributed by atoms with Crippen LogP contribution in [0.4, 0.5) is 0 Å². The third kappa shape index (κ3) is 4.66. The lowest BCUT2D eigenvalue weighted by Crippen LogP contribution is -2.41. The molecule has 2 heterocycles. The van der Waals surface area contributed by atoms with Gasteiger partial charge in [0.15, 0.2) is 5.69 Å².